The van der Waals surface area contributed by atoms with Crippen molar-refractivity contribution in [2.75, 3.05) is 24.3 Å². The standard InChI is InChI=1S/C13H23N3OS2/c1-13(2,3)10(14-4)7-11-15-12(16-17-11)9-8-18-5-6-19-9/h9-10,14H,5-8H2,1-4H3. The van der Waals surface area contributed by atoms with E-state index in [-0.39, 0.29) is 5.41 Å². The molecule has 0 amide bonds. The smallest absolute Gasteiger partial charge is 0.228 e. The third-order valence-corrected chi connectivity index (χ3v) is 6.11. The van der Waals surface area contributed by atoms with Crippen LogP contribution in [-0.4, -0.2) is 40.5 Å². The molecule has 1 N–H and O–H groups in total. The van der Waals surface area contributed by atoms with Gasteiger partial charge in [-0.3, -0.25) is 0 Å². The van der Waals surface area contributed by atoms with E-state index in [1.807, 2.05) is 30.6 Å². The second-order valence-corrected chi connectivity index (χ2v) is 8.35. The first-order chi connectivity index (χ1) is 9.00. The highest BCUT2D eigenvalue weighted by molar-refractivity contribution is 8.06. The fourth-order valence-corrected chi connectivity index (χ4v) is 4.72. The SMILES string of the molecule is CNC(Cc1nc(C2CSCCS2)no1)C(C)(C)C. The van der Waals surface area contributed by atoms with Crippen LogP contribution >= 0.6 is 23.5 Å². The molecule has 1 aromatic heterocycles. The largest absolute Gasteiger partial charge is 0.339 e. The molecule has 1 aliphatic heterocycles. The lowest BCUT2D eigenvalue weighted by atomic mass is 9.85. The molecule has 0 aromatic carbocycles. The number of hydrogen-bond acceptors (Lipinski definition) is 6. The van der Waals surface area contributed by atoms with E-state index in [1.165, 1.54) is 11.5 Å². The summed E-state index contributed by atoms with van der Waals surface area (Å²) in [7, 11) is 1.99. The van der Waals surface area contributed by atoms with Gasteiger partial charge in [-0.2, -0.15) is 16.7 Å². The van der Waals surface area contributed by atoms with Gasteiger partial charge in [-0.05, 0) is 12.5 Å². The second-order valence-electron chi connectivity index (χ2n) is 5.89. The quantitative estimate of drug-likeness (QED) is 0.923. The fourth-order valence-electron chi connectivity index (χ4n) is 2.13. The molecule has 0 spiro atoms. The van der Waals surface area contributed by atoms with Crippen LogP contribution in [0.1, 0.15) is 37.7 Å². The monoisotopic (exact) mass is 301 g/mol. The third kappa shape index (κ3) is 4.13. The molecule has 2 rings (SSSR count). The minimum atomic E-state index is 0.179. The van der Waals surface area contributed by atoms with Gasteiger partial charge in [-0.15, -0.1) is 11.8 Å². The number of aromatic nitrogens is 2. The van der Waals surface area contributed by atoms with Crippen molar-refractivity contribution in [3.63, 3.8) is 0 Å². The van der Waals surface area contributed by atoms with Crippen molar-refractivity contribution < 1.29 is 4.52 Å². The Hall–Kier alpha value is -0.200. The maximum atomic E-state index is 5.42. The Morgan fingerprint density at radius 1 is 1.42 bits per heavy atom. The zero-order valence-electron chi connectivity index (χ0n) is 12.1. The zero-order chi connectivity index (χ0) is 13.9. The Kier molecular flexibility index (Phi) is 5.20. The molecule has 2 unspecified atom stereocenters. The topological polar surface area (TPSA) is 51.0 Å². The molecule has 2 heterocycles. The molecule has 0 saturated carbocycles. The number of hydrogen-bond donors (Lipinski definition) is 1. The summed E-state index contributed by atoms with van der Waals surface area (Å²) in [6, 6.07) is 0.342. The number of nitrogens with zero attached hydrogens (tertiary/aromatic N) is 2. The molecule has 0 radical (unpaired) electrons. The van der Waals surface area contributed by atoms with Crippen LogP contribution in [0.15, 0.2) is 4.52 Å². The Morgan fingerprint density at radius 2 is 2.21 bits per heavy atom. The van der Waals surface area contributed by atoms with Gasteiger partial charge >= 0.3 is 0 Å². The summed E-state index contributed by atoms with van der Waals surface area (Å²) >= 11 is 3.91. The lowest BCUT2D eigenvalue weighted by Gasteiger charge is -2.29. The predicted molar refractivity (Wildman–Crippen MR) is 82.8 cm³/mol. The normalized spacial score (nSPS) is 22.4. The summed E-state index contributed by atoms with van der Waals surface area (Å²) in [6.45, 7) is 6.66. The van der Waals surface area contributed by atoms with Crippen molar-refractivity contribution in [3.05, 3.63) is 11.7 Å². The van der Waals surface area contributed by atoms with Gasteiger partial charge in [-0.25, -0.2) is 0 Å². The highest BCUT2D eigenvalue weighted by Gasteiger charge is 2.27. The van der Waals surface area contributed by atoms with Crippen LogP contribution in [-0.2, 0) is 6.42 Å². The van der Waals surface area contributed by atoms with Crippen LogP contribution in [0.2, 0.25) is 0 Å². The predicted octanol–water partition coefficient (Wildman–Crippen LogP) is 2.77. The Labute approximate surface area is 123 Å². The zero-order valence-corrected chi connectivity index (χ0v) is 13.7. The van der Waals surface area contributed by atoms with Gasteiger partial charge in [-0.1, -0.05) is 25.9 Å². The maximum Gasteiger partial charge on any atom is 0.228 e. The van der Waals surface area contributed by atoms with Crippen LogP contribution in [0.5, 0.6) is 0 Å². The van der Waals surface area contributed by atoms with Crippen LogP contribution in [0.3, 0.4) is 0 Å². The molecule has 1 aromatic rings. The van der Waals surface area contributed by atoms with Crippen LogP contribution in [0, 0.1) is 5.41 Å². The van der Waals surface area contributed by atoms with E-state index in [0.717, 1.165) is 23.9 Å². The number of nitrogens with one attached hydrogen (secondary N) is 1. The van der Waals surface area contributed by atoms with Crippen molar-refractivity contribution >= 4 is 23.5 Å². The lowest BCUT2D eigenvalue weighted by Crippen LogP contribution is -2.39. The van der Waals surface area contributed by atoms with E-state index in [4.69, 9.17) is 4.52 Å². The summed E-state index contributed by atoms with van der Waals surface area (Å²) < 4.78 is 5.42. The minimum absolute atomic E-state index is 0.179. The van der Waals surface area contributed by atoms with Crippen molar-refractivity contribution in [3.8, 4) is 0 Å². The Balaban J connectivity index is 2.00. The van der Waals surface area contributed by atoms with Crippen molar-refractivity contribution in [1.29, 1.82) is 0 Å². The van der Waals surface area contributed by atoms with E-state index < -0.39 is 0 Å². The summed E-state index contributed by atoms with van der Waals surface area (Å²) in [4.78, 5) is 4.58. The highest BCUT2D eigenvalue weighted by atomic mass is 32.2. The minimum Gasteiger partial charge on any atom is -0.339 e. The van der Waals surface area contributed by atoms with Crippen molar-refractivity contribution in [2.45, 2.75) is 38.5 Å². The van der Waals surface area contributed by atoms with Gasteiger partial charge in [0.1, 0.15) is 0 Å². The molecule has 4 nitrogen and oxygen atoms in total. The van der Waals surface area contributed by atoms with Crippen LogP contribution in [0.4, 0.5) is 0 Å². The first-order valence-corrected chi connectivity index (χ1v) is 8.90. The van der Waals surface area contributed by atoms with Gasteiger partial charge in [0, 0.05) is 29.7 Å². The molecule has 19 heavy (non-hydrogen) atoms. The van der Waals surface area contributed by atoms with E-state index in [1.54, 1.807) is 0 Å². The lowest BCUT2D eigenvalue weighted by molar-refractivity contribution is 0.255. The average Bonchev–Trinajstić information content (AvgIpc) is 2.84. The summed E-state index contributed by atoms with van der Waals surface area (Å²) in [5.41, 5.74) is 0.179. The number of likely N-dealkylation sites (N-methyl/N-ethyl adjacent to an activating group) is 1. The van der Waals surface area contributed by atoms with E-state index in [0.29, 0.717) is 11.3 Å². The highest BCUT2D eigenvalue weighted by Crippen LogP contribution is 2.35. The van der Waals surface area contributed by atoms with E-state index >= 15 is 0 Å². The van der Waals surface area contributed by atoms with Crippen LogP contribution in [0.25, 0.3) is 0 Å². The molecule has 0 aliphatic carbocycles. The number of rotatable bonds is 4. The summed E-state index contributed by atoms with van der Waals surface area (Å²) in [5, 5.41) is 7.91. The average molecular weight is 301 g/mol. The van der Waals surface area contributed by atoms with Crippen LogP contribution < -0.4 is 5.32 Å². The fraction of sp³-hybridized carbons (Fsp3) is 0.846. The van der Waals surface area contributed by atoms with Gasteiger partial charge in [0.05, 0.1) is 5.25 Å². The number of thioether (sulfide) groups is 2. The maximum absolute atomic E-state index is 5.42. The van der Waals surface area contributed by atoms with Gasteiger partial charge in [0.15, 0.2) is 5.82 Å². The molecule has 6 heteroatoms. The Morgan fingerprint density at radius 3 is 2.79 bits per heavy atom. The van der Waals surface area contributed by atoms with Crippen molar-refractivity contribution in [2.24, 2.45) is 5.41 Å². The first-order valence-electron chi connectivity index (χ1n) is 6.70. The Bertz CT molecular complexity index is 397. The molecule has 1 saturated heterocycles. The molecule has 2 atom stereocenters. The van der Waals surface area contributed by atoms with E-state index in [9.17, 15) is 0 Å². The molecule has 1 aliphatic rings. The third-order valence-electron chi connectivity index (χ3n) is 3.36. The second kappa shape index (κ2) is 6.50. The van der Waals surface area contributed by atoms with Gasteiger partial charge in [0.25, 0.3) is 0 Å². The van der Waals surface area contributed by atoms with Gasteiger partial charge in [0.2, 0.25) is 5.89 Å². The molecule has 1 fully saturated rings. The summed E-state index contributed by atoms with van der Waals surface area (Å²) in [6.07, 6.45) is 0.789. The summed E-state index contributed by atoms with van der Waals surface area (Å²) in [5.74, 6) is 5.13. The van der Waals surface area contributed by atoms with Gasteiger partial charge < -0.3 is 9.84 Å². The molecule has 0 bridgehead atoms. The van der Waals surface area contributed by atoms with E-state index in [2.05, 4.69) is 36.2 Å². The molecular formula is C13H23N3OS2. The molecular weight excluding hydrogens is 278 g/mol. The van der Waals surface area contributed by atoms with Crippen molar-refractivity contribution in [1.82, 2.24) is 15.5 Å². The molecule has 108 valence electrons. The first kappa shape index (κ1) is 15.2.